The third-order valence-corrected chi connectivity index (χ3v) is 5.99. The van der Waals surface area contributed by atoms with Gasteiger partial charge in [-0.25, -0.2) is 8.78 Å². The number of hydrogen-bond acceptors (Lipinski definition) is 3. The molecule has 2 fully saturated rings. The predicted molar refractivity (Wildman–Crippen MR) is 108 cm³/mol. The van der Waals surface area contributed by atoms with Crippen LogP contribution in [-0.4, -0.2) is 53.5 Å². The van der Waals surface area contributed by atoms with Crippen molar-refractivity contribution in [2.24, 2.45) is 10.9 Å². The van der Waals surface area contributed by atoms with Gasteiger partial charge in [0.2, 0.25) is 5.91 Å². The lowest BCUT2D eigenvalue weighted by atomic mass is 10.0. The molecule has 5 nitrogen and oxygen atoms in total. The molecule has 0 aromatic heterocycles. The van der Waals surface area contributed by atoms with Gasteiger partial charge in [0.1, 0.15) is 11.6 Å². The Kier molecular flexibility index (Phi) is 4.60. The summed E-state index contributed by atoms with van der Waals surface area (Å²) in [4.78, 5) is 32.8. The lowest BCUT2D eigenvalue weighted by molar-refractivity contribution is -0.134. The summed E-state index contributed by atoms with van der Waals surface area (Å²) in [7, 11) is 0. The van der Waals surface area contributed by atoms with Crippen molar-refractivity contribution < 1.29 is 18.4 Å². The van der Waals surface area contributed by atoms with E-state index in [9.17, 15) is 18.4 Å². The number of aliphatic imine (C=N–C) groups is 1. The van der Waals surface area contributed by atoms with Gasteiger partial charge in [0.15, 0.2) is 0 Å². The molecule has 2 aromatic carbocycles. The minimum atomic E-state index is -0.598. The SMILES string of the molecule is O=C(c1ccc(C2=Nc3ccc(F)cc3C2)cc1F)N1CCN(C(=O)C2CC2)CC1. The first-order valence-corrected chi connectivity index (χ1v) is 10.2. The summed E-state index contributed by atoms with van der Waals surface area (Å²) in [5, 5.41) is 0. The maximum absolute atomic E-state index is 14.8. The first-order valence-electron chi connectivity index (χ1n) is 10.2. The number of amides is 2. The zero-order valence-electron chi connectivity index (χ0n) is 16.4. The van der Waals surface area contributed by atoms with Crippen molar-refractivity contribution in [2.75, 3.05) is 26.2 Å². The number of piperazine rings is 1. The quantitative estimate of drug-likeness (QED) is 0.781. The summed E-state index contributed by atoms with van der Waals surface area (Å²) < 4.78 is 28.2. The van der Waals surface area contributed by atoms with Gasteiger partial charge < -0.3 is 9.80 Å². The molecular formula is C23H21F2N3O2. The molecule has 30 heavy (non-hydrogen) atoms. The number of benzene rings is 2. The molecule has 0 bridgehead atoms. The minimum Gasteiger partial charge on any atom is -0.339 e. The van der Waals surface area contributed by atoms with Gasteiger partial charge in [-0.05, 0) is 54.3 Å². The lowest BCUT2D eigenvalue weighted by Crippen LogP contribution is -2.51. The van der Waals surface area contributed by atoms with Crippen LogP contribution in [0.5, 0.6) is 0 Å². The van der Waals surface area contributed by atoms with Crippen molar-refractivity contribution in [3.63, 3.8) is 0 Å². The van der Waals surface area contributed by atoms with Crippen LogP contribution in [0.4, 0.5) is 14.5 Å². The number of halogens is 2. The number of nitrogens with zero attached hydrogens (tertiary/aromatic N) is 3. The van der Waals surface area contributed by atoms with Crippen LogP contribution in [0.3, 0.4) is 0 Å². The second-order valence-electron chi connectivity index (χ2n) is 8.09. The summed E-state index contributed by atoms with van der Waals surface area (Å²) in [6, 6.07) is 8.89. The summed E-state index contributed by atoms with van der Waals surface area (Å²) in [5.74, 6) is -0.944. The number of fused-ring (bicyclic) bond motifs is 1. The summed E-state index contributed by atoms with van der Waals surface area (Å²) in [5.41, 5.74) is 2.71. The Balaban J connectivity index is 1.27. The van der Waals surface area contributed by atoms with E-state index in [-0.39, 0.29) is 29.1 Å². The zero-order valence-corrected chi connectivity index (χ0v) is 16.4. The number of carbonyl (C=O) groups is 2. The van der Waals surface area contributed by atoms with Crippen molar-refractivity contribution in [3.05, 3.63) is 64.7 Å². The Morgan fingerprint density at radius 1 is 0.933 bits per heavy atom. The standard InChI is InChI=1S/C23H21F2N3O2/c24-17-4-6-20-16(11-17)13-21(26-20)15-3-5-18(19(25)12-15)23(30)28-9-7-27(8-10-28)22(29)14-1-2-14/h3-6,11-12,14H,1-2,7-10,13H2. The van der Waals surface area contributed by atoms with Crippen molar-refractivity contribution in [2.45, 2.75) is 19.3 Å². The molecule has 2 aromatic rings. The maximum Gasteiger partial charge on any atom is 0.256 e. The normalized spacial score (nSPS) is 18.3. The van der Waals surface area contributed by atoms with Crippen LogP contribution in [0.15, 0.2) is 41.4 Å². The Labute approximate surface area is 173 Å². The van der Waals surface area contributed by atoms with E-state index >= 15 is 0 Å². The summed E-state index contributed by atoms with van der Waals surface area (Å²) in [6.45, 7) is 1.80. The number of carbonyl (C=O) groups excluding carboxylic acids is 2. The second kappa shape index (κ2) is 7.31. The van der Waals surface area contributed by atoms with Crippen LogP contribution in [0.25, 0.3) is 0 Å². The highest BCUT2D eigenvalue weighted by molar-refractivity contribution is 6.07. The largest absolute Gasteiger partial charge is 0.339 e. The Hall–Kier alpha value is -3.09. The van der Waals surface area contributed by atoms with E-state index in [0.29, 0.717) is 49.6 Å². The second-order valence-corrected chi connectivity index (χ2v) is 8.09. The molecule has 1 aliphatic carbocycles. The van der Waals surface area contributed by atoms with Gasteiger partial charge in [-0.3, -0.25) is 14.6 Å². The van der Waals surface area contributed by atoms with Crippen LogP contribution < -0.4 is 0 Å². The molecule has 0 radical (unpaired) electrons. The molecule has 1 saturated carbocycles. The van der Waals surface area contributed by atoms with Crippen LogP contribution >= 0.6 is 0 Å². The first kappa shape index (κ1) is 18.9. The Morgan fingerprint density at radius 2 is 1.67 bits per heavy atom. The van der Waals surface area contributed by atoms with E-state index in [0.717, 1.165) is 18.4 Å². The fourth-order valence-electron chi connectivity index (χ4n) is 4.09. The summed E-state index contributed by atoms with van der Waals surface area (Å²) in [6.07, 6.45) is 2.35. The van der Waals surface area contributed by atoms with Crippen molar-refractivity contribution >= 4 is 23.2 Å². The average molecular weight is 409 g/mol. The maximum atomic E-state index is 14.8. The summed E-state index contributed by atoms with van der Waals surface area (Å²) >= 11 is 0. The van der Waals surface area contributed by atoms with Gasteiger partial charge >= 0.3 is 0 Å². The van der Waals surface area contributed by atoms with Crippen LogP contribution in [0.2, 0.25) is 0 Å². The predicted octanol–water partition coefficient (Wildman–Crippen LogP) is 3.34. The van der Waals surface area contributed by atoms with E-state index in [1.165, 1.54) is 24.3 Å². The smallest absolute Gasteiger partial charge is 0.256 e. The van der Waals surface area contributed by atoms with Crippen LogP contribution in [0, 0.1) is 17.6 Å². The molecule has 1 saturated heterocycles. The zero-order chi connectivity index (χ0) is 20.8. The molecule has 7 heteroatoms. The highest BCUT2D eigenvalue weighted by Crippen LogP contribution is 2.32. The van der Waals surface area contributed by atoms with E-state index in [1.807, 2.05) is 0 Å². The lowest BCUT2D eigenvalue weighted by Gasteiger charge is -2.35. The van der Waals surface area contributed by atoms with Gasteiger partial charge in [0, 0.05) is 38.5 Å². The third kappa shape index (κ3) is 3.49. The van der Waals surface area contributed by atoms with Crippen molar-refractivity contribution in [1.29, 1.82) is 0 Å². The van der Waals surface area contributed by atoms with E-state index < -0.39 is 5.82 Å². The highest BCUT2D eigenvalue weighted by atomic mass is 19.1. The van der Waals surface area contributed by atoms with Gasteiger partial charge in [0.05, 0.1) is 17.0 Å². The van der Waals surface area contributed by atoms with E-state index in [1.54, 1.807) is 21.9 Å². The van der Waals surface area contributed by atoms with Crippen LogP contribution in [-0.2, 0) is 11.2 Å². The molecule has 0 atom stereocenters. The molecule has 3 aliphatic rings. The molecule has 2 amide bonds. The third-order valence-electron chi connectivity index (χ3n) is 5.99. The number of hydrogen-bond donors (Lipinski definition) is 0. The van der Waals surface area contributed by atoms with Crippen molar-refractivity contribution in [3.8, 4) is 0 Å². The molecule has 0 spiro atoms. The van der Waals surface area contributed by atoms with E-state index in [4.69, 9.17) is 0 Å². The van der Waals surface area contributed by atoms with Gasteiger partial charge in [-0.2, -0.15) is 0 Å². The minimum absolute atomic E-state index is 0.0166. The molecule has 0 unspecified atom stereocenters. The van der Waals surface area contributed by atoms with Crippen molar-refractivity contribution in [1.82, 2.24) is 9.80 Å². The van der Waals surface area contributed by atoms with Gasteiger partial charge in [-0.1, -0.05) is 6.07 Å². The molecule has 0 N–H and O–H groups in total. The molecular weight excluding hydrogens is 388 g/mol. The fourth-order valence-corrected chi connectivity index (χ4v) is 4.09. The topological polar surface area (TPSA) is 53.0 Å². The molecule has 2 heterocycles. The van der Waals surface area contributed by atoms with E-state index in [2.05, 4.69) is 4.99 Å². The average Bonchev–Trinajstić information content (AvgIpc) is 3.52. The van der Waals surface area contributed by atoms with Crippen LogP contribution in [0.1, 0.15) is 34.3 Å². The van der Waals surface area contributed by atoms with Gasteiger partial charge in [0.25, 0.3) is 5.91 Å². The molecule has 154 valence electrons. The Bertz CT molecular complexity index is 1070. The monoisotopic (exact) mass is 409 g/mol. The molecule has 2 aliphatic heterocycles. The number of rotatable bonds is 3. The fraction of sp³-hybridized carbons (Fsp3) is 0.348. The highest BCUT2D eigenvalue weighted by Gasteiger charge is 2.35. The Morgan fingerprint density at radius 3 is 2.37 bits per heavy atom. The molecule has 5 rings (SSSR count). The first-order chi connectivity index (χ1) is 14.5. The van der Waals surface area contributed by atoms with Gasteiger partial charge in [-0.15, -0.1) is 0 Å².